The Hall–Kier alpha value is -1.68. The number of hydrogen-bond acceptors (Lipinski definition) is 3. The van der Waals surface area contributed by atoms with Crippen LogP contribution in [0.5, 0.6) is 0 Å². The first-order valence-electron chi connectivity index (χ1n) is 4.28. The van der Waals surface area contributed by atoms with Gasteiger partial charge in [-0.25, -0.2) is 0 Å². The van der Waals surface area contributed by atoms with Crippen molar-refractivity contribution in [3.63, 3.8) is 0 Å². The summed E-state index contributed by atoms with van der Waals surface area (Å²) < 4.78 is 0. The molecular formula is C10H9NO3. The Kier molecular flexibility index (Phi) is 2.05. The molecule has 0 fully saturated rings. The predicted molar refractivity (Wildman–Crippen MR) is 49.8 cm³/mol. The van der Waals surface area contributed by atoms with Crippen molar-refractivity contribution in [1.82, 2.24) is 0 Å². The number of carbonyl (C=O) groups is 2. The van der Waals surface area contributed by atoms with Crippen molar-refractivity contribution in [2.24, 2.45) is 0 Å². The molecular weight excluding hydrogens is 182 g/mol. The molecule has 1 aliphatic rings. The van der Waals surface area contributed by atoms with Crippen LogP contribution in [0.2, 0.25) is 0 Å². The van der Waals surface area contributed by atoms with E-state index < -0.39 is 17.8 Å². The van der Waals surface area contributed by atoms with E-state index in [4.69, 9.17) is 0 Å². The smallest absolute Gasteiger partial charge is 0.260 e. The van der Waals surface area contributed by atoms with E-state index in [0.717, 1.165) is 5.56 Å². The lowest BCUT2D eigenvalue weighted by Gasteiger charge is -2.04. The molecule has 0 aromatic heterocycles. The van der Waals surface area contributed by atoms with Crippen LogP contribution in [0.1, 0.15) is 5.56 Å². The number of benzene rings is 1. The standard InChI is InChI=1S/C10H9NO3/c12-8-5-6-3-1-2-4-7(6)11-10(14)9(8)13/h1-4,9,13H,5H2,(H,11,14). The van der Waals surface area contributed by atoms with Gasteiger partial charge in [-0.1, -0.05) is 18.2 Å². The monoisotopic (exact) mass is 191 g/mol. The average molecular weight is 191 g/mol. The predicted octanol–water partition coefficient (Wildman–Crippen LogP) is 0.111. The van der Waals surface area contributed by atoms with Crippen LogP contribution >= 0.6 is 0 Å². The number of nitrogens with one attached hydrogen (secondary N) is 1. The molecule has 0 saturated heterocycles. The molecule has 0 radical (unpaired) electrons. The van der Waals surface area contributed by atoms with Gasteiger partial charge >= 0.3 is 0 Å². The van der Waals surface area contributed by atoms with Crippen LogP contribution in [-0.4, -0.2) is 22.9 Å². The van der Waals surface area contributed by atoms with Gasteiger partial charge in [-0.15, -0.1) is 0 Å². The van der Waals surface area contributed by atoms with Gasteiger partial charge in [0.15, 0.2) is 11.9 Å². The van der Waals surface area contributed by atoms with E-state index in [2.05, 4.69) is 5.32 Å². The summed E-state index contributed by atoms with van der Waals surface area (Å²) in [6, 6.07) is 7.02. The number of para-hydroxylation sites is 1. The van der Waals surface area contributed by atoms with Gasteiger partial charge in [0.25, 0.3) is 5.91 Å². The Bertz CT molecular complexity index is 363. The molecule has 1 aromatic carbocycles. The number of aliphatic hydroxyl groups excluding tert-OH is 1. The van der Waals surface area contributed by atoms with Crippen molar-refractivity contribution < 1.29 is 14.7 Å². The van der Waals surface area contributed by atoms with Gasteiger partial charge in [0, 0.05) is 12.1 Å². The summed E-state index contributed by atoms with van der Waals surface area (Å²) in [6.45, 7) is 0. The second-order valence-electron chi connectivity index (χ2n) is 3.19. The Morgan fingerprint density at radius 1 is 1.29 bits per heavy atom. The SMILES string of the molecule is O=C1Cc2ccccc2NC(=O)C1O. The van der Waals surface area contributed by atoms with Gasteiger partial charge in [-0.3, -0.25) is 9.59 Å². The molecule has 1 aliphatic heterocycles. The molecule has 1 aromatic rings. The lowest BCUT2D eigenvalue weighted by molar-refractivity contribution is -0.136. The third-order valence-electron chi connectivity index (χ3n) is 2.19. The summed E-state index contributed by atoms with van der Waals surface area (Å²) in [7, 11) is 0. The number of aliphatic hydroxyl groups is 1. The van der Waals surface area contributed by atoms with Gasteiger partial charge in [0.1, 0.15) is 0 Å². The average Bonchev–Trinajstić information content (AvgIpc) is 2.28. The molecule has 14 heavy (non-hydrogen) atoms. The van der Waals surface area contributed by atoms with Crippen LogP contribution in [0.15, 0.2) is 24.3 Å². The minimum Gasteiger partial charge on any atom is -0.376 e. The van der Waals surface area contributed by atoms with Gasteiger partial charge < -0.3 is 10.4 Å². The Morgan fingerprint density at radius 2 is 2.00 bits per heavy atom. The van der Waals surface area contributed by atoms with Crippen molar-refractivity contribution in [3.8, 4) is 0 Å². The lowest BCUT2D eigenvalue weighted by Crippen LogP contribution is -2.33. The fourth-order valence-electron chi connectivity index (χ4n) is 1.43. The lowest BCUT2D eigenvalue weighted by atomic mass is 10.1. The van der Waals surface area contributed by atoms with E-state index in [-0.39, 0.29) is 6.42 Å². The summed E-state index contributed by atoms with van der Waals surface area (Å²) in [6.07, 6.45) is -1.45. The van der Waals surface area contributed by atoms with Crippen molar-refractivity contribution in [2.75, 3.05) is 5.32 Å². The van der Waals surface area contributed by atoms with E-state index in [9.17, 15) is 14.7 Å². The molecule has 4 heteroatoms. The first-order valence-corrected chi connectivity index (χ1v) is 4.28. The largest absolute Gasteiger partial charge is 0.376 e. The highest BCUT2D eigenvalue weighted by atomic mass is 16.3. The maximum absolute atomic E-state index is 11.3. The van der Waals surface area contributed by atoms with E-state index in [1.807, 2.05) is 0 Å². The van der Waals surface area contributed by atoms with Gasteiger partial charge in [0.05, 0.1) is 0 Å². The number of rotatable bonds is 0. The normalized spacial score (nSPS) is 21.1. The Balaban J connectivity index is 2.44. The summed E-state index contributed by atoms with van der Waals surface area (Å²) in [5.41, 5.74) is 1.34. The molecule has 2 rings (SSSR count). The molecule has 1 amide bonds. The Labute approximate surface area is 80.6 Å². The molecule has 1 unspecified atom stereocenters. The van der Waals surface area contributed by atoms with Crippen LogP contribution in [0.25, 0.3) is 0 Å². The number of fused-ring (bicyclic) bond motifs is 1. The molecule has 2 N–H and O–H groups in total. The summed E-state index contributed by atoms with van der Waals surface area (Å²) >= 11 is 0. The molecule has 0 aliphatic carbocycles. The van der Waals surface area contributed by atoms with Crippen molar-refractivity contribution >= 4 is 17.4 Å². The topological polar surface area (TPSA) is 66.4 Å². The number of ketones is 1. The quantitative estimate of drug-likeness (QED) is 0.572. The maximum Gasteiger partial charge on any atom is 0.260 e. The molecule has 1 heterocycles. The van der Waals surface area contributed by atoms with E-state index >= 15 is 0 Å². The van der Waals surface area contributed by atoms with Gasteiger partial charge in [-0.05, 0) is 11.6 Å². The molecule has 72 valence electrons. The molecule has 0 spiro atoms. The van der Waals surface area contributed by atoms with E-state index in [1.165, 1.54) is 0 Å². The zero-order valence-electron chi connectivity index (χ0n) is 7.36. The minimum atomic E-state index is -1.54. The number of Topliss-reactive ketones (excluding diaryl/α,β-unsaturated/α-hetero) is 1. The van der Waals surface area contributed by atoms with Gasteiger partial charge in [0.2, 0.25) is 0 Å². The van der Waals surface area contributed by atoms with Crippen LogP contribution < -0.4 is 5.32 Å². The maximum atomic E-state index is 11.3. The third kappa shape index (κ3) is 1.40. The second-order valence-corrected chi connectivity index (χ2v) is 3.19. The highest BCUT2D eigenvalue weighted by Crippen LogP contribution is 2.19. The fourth-order valence-corrected chi connectivity index (χ4v) is 1.43. The van der Waals surface area contributed by atoms with Crippen molar-refractivity contribution in [1.29, 1.82) is 0 Å². The zero-order valence-corrected chi connectivity index (χ0v) is 7.36. The second kappa shape index (κ2) is 3.23. The summed E-state index contributed by atoms with van der Waals surface area (Å²) in [5.74, 6) is -1.12. The van der Waals surface area contributed by atoms with Gasteiger partial charge in [-0.2, -0.15) is 0 Å². The molecule has 0 saturated carbocycles. The number of carbonyl (C=O) groups excluding carboxylic acids is 2. The number of hydrogen-bond donors (Lipinski definition) is 2. The fraction of sp³-hybridized carbons (Fsp3) is 0.200. The van der Waals surface area contributed by atoms with Crippen LogP contribution in [0, 0.1) is 0 Å². The first kappa shape index (κ1) is 8.90. The molecule has 1 atom stereocenters. The highest BCUT2D eigenvalue weighted by molar-refractivity contribution is 6.12. The van der Waals surface area contributed by atoms with Crippen molar-refractivity contribution in [3.05, 3.63) is 29.8 Å². The van der Waals surface area contributed by atoms with E-state index in [0.29, 0.717) is 5.69 Å². The Morgan fingerprint density at radius 3 is 2.79 bits per heavy atom. The van der Waals surface area contributed by atoms with Crippen LogP contribution in [-0.2, 0) is 16.0 Å². The summed E-state index contributed by atoms with van der Waals surface area (Å²) in [5, 5.41) is 11.7. The number of anilines is 1. The summed E-state index contributed by atoms with van der Waals surface area (Å²) in [4.78, 5) is 22.5. The van der Waals surface area contributed by atoms with Crippen LogP contribution in [0.3, 0.4) is 0 Å². The third-order valence-corrected chi connectivity index (χ3v) is 2.19. The minimum absolute atomic E-state index is 0.0933. The first-order chi connectivity index (χ1) is 6.68. The highest BCUT2D eigenvalue weighted by Gasteiger charge is 2.28. The number of amides is 1. The molecule has 4 nitrogen and oxygen atoms in total. The molecule has 0 bridgehead atoms. The van der Waals surface area contributed by atoms with Crippen LogP contribution in [0.4, 0.5) is 5.69 Å². The van der Waals surface area contributed by atoms with Crippen molar-refractivity contribution in [2.45, 2.75) is 12.5 Å². The van der Waals surface area contributed by atoms with E-state index in [1.54, 1.807) is 24.3 Å². The zero-order chi connectivity index (χ0) is 10.1.